The highest BCUT2D eigenvalue weighted by atomic mass is 32.2. The van der Waals surface area contributed by atoms with E-state index in [0.29, 0.717) is 30.1 Å². The molecule has 1 aliphatic rings. The van der Waals surface area contributed by atoms with Crippen LogP contribution in [0.4, 0.5) is 11.4 Å². The number of benzene rings is 2. The van der Waals surface area contributed by atoms with Crippen LogP contribution >= 0.6 is 0 Å². The monoisotopic (exact) mass is 446 g/mol. The van der Waals surface area contributed by atoms with Crippen molar-refractivity contribution < 1.29 is 17.9 Å². The lowest BCUT2D eigenvalue weighted by Gasteiger charge is -2.31. The highest BCUT2D eigenvalue weighted by Crippen LogP contribution is 2.30. The molecule has 0 radical (unpaired) electrons. The van der Waals surface area contributed by atoms with Gasteiger partial charge in [-0.3, -0.25) is 9.52 Å². The van der Waals surface area contributed by atoms with Gasteiger partial charge < -0.3 is 19.9 Å². The highest BCUT2D eigenvalue weighted by Gasteiger charge is 2.22. The van der Waals surface area contributed by atoms with Crippen LogP contribution in [-0.2, 0) is 10.0 Å². The van der Waals surface area contributed by atoms with Crippen molar-refractivity contribution in [2.75, 3.05) is 56.0 Å². The van der Waals surface area contributed by atoms with Gasteiger partial charge in [-0.15, -0.1) is 0 Å². The number of nitrogens with zero attached hydrogens (tertiary/aromatic N) is 2. The summed E-state index contributed by atoms with van der Waals surface area (Å²) >= 11 is 0. The van der Waals surface area contributed by atoms with Crippen LogP contribution in [0.1, 0.15) is 24.2 Å². The molecule has 0 bridgehead atoms. The first-order valence-electron chi connectivity index (χ1n) is 10.5. The third-order valence-electron chi connectivity index (χ3n) is 5.37. The lowest BCUT2D eigenvalue weighted by molar-refractivity contribution is 0.0773. The fourth-order valence-corrected chi connectivity index (χ4v) is 4.65. The van der Waals surface area contributed by atoms with E-state index in [1.165, 1.54) is 19.2 Å². The Morgan fingerprint density at radius 1 is 1.10 bits per heavy atom. The zero-order chi connectivity index (χ0) is 22.4. The van der Waals surface area contributed by atoms with E-state index >= 15 is 0 Å². The molecule has 168 valence electrons. The number of carbonyl (C=O) groups excluding carboxylic acids is 1. The normalized spacial score (nSPS) is 14.2. The van der Waals surface area contributed by atoms with Gasteiger partial charge in [0.25, 0.3) is 15.9 Å². The van der Waals surface area contributed by atoms with E-state index in [9.17, 15) is 13.2 Å². The summed E-state index contributed by atoms with van der Waals surface area (Å²) in [6.07, 6.45) is 0. The van der Waals surface area contributed by atoms with Crippen LogP contribution in [0, 0.1) is 0 Å². The van der Waals surface area contributed by atoms with Crippen LogP contribution in [0.25, 0.3) is 0 Å². The number of sulfonamides is 1. The van der Waals surface area contributed by atoms with Crippen molar-refractivity contribution in [3.63, 3.8) is 0 Å². The largest absolute Gasteiger partial charge is 0.497 e. The maximum absolute atomic E-state index is 13.1. The van der Waals surface area contributed by atoms with E-state index in [2.05, 4.69) is 14.9 Å². The average molecular weight is 447 g/mol. The molecule has 0 spiro atoms. The molecule has 0 atom stereocenters. The van der Waals surface area contributed by atoms with Gasteiger partial charge in [-0.2, -0.15) is 0 Å². The minimum atomic E-state index is -3.85. The average Bonchev–Trinajstić information content (AvgIpc) is 2.80. The lowest BCUT2D eigenvalue weighted by Crippen LogP contribution is -2.43. The number of ether oxygens (including phenoxy) is 1. The van der Waals surface area contributed by atoms with Gasteiger partial charge in [-0.1, -0.05) is 0 Å². The molecule has 1 heterocycles. The predicted molar refractivity (Wildman–Crippen MR) is 123 cm³/mol. The number of anilines is 2. The molecule has 1 saturated heterocycles. The molecule has 8 nitrogen and oxygen atoms in total. The van der Waals surface area contributed by atoms with Crippen molar-refractivity contribution in [1.29, 1.82) is 0 Å². The number of hydrogen-bond acceptors (Lipinski definition) is 6. The zero-order valence-corrected chi connectivity index (χ0v) is 19.0. The third kappa shape index (κ3) is 5.29. The van der Waals surface area contributed by atoms with E-state index in [0.717, 1.165) is 31.9 Å². The van der Waals surface area contributed by atoms with Gasteiger partial charge in [0.1, 0.15) is 5.75 Å². The lowest BCUT2D eigenvalue weighted by atomic mass is 10.1. The second-order valence-corrected chi connectivity index (χ2v) is 8.91. The van der Waals surface area contributed by atoms with Crippen molar-refractivity contribution in [3.05, 3.63) is 48.0 Å². The Morgan fingerprint density at radius 2 is 1.74 bits per heavy atom. The van der Waals surface area contributed by atoms with Crippen LogP contribution in [0.15, 0.2) is 47.4 Å². The summed E-state index contributed by atoms with van der Waals surface area (Å²) in [4.78, 5) is 16.8. The molecule has 1 fully saturated rings. The number of hydrogen-bond donors (Lipinski definition) is 2. The fraction of sp³-hybridized carbons (Fsp3) is 0.409. The van der Waals surface area contributed by atoms with E-state index in [1.807, 2.05) is 19.9 Å². The topological polar surface area (TPSA) is 91.0 Å². The van der Waals surface area contributed by atoms with Gasteiger partial charge >= 0.3 is 0 Å². The van der Waals surface area contributed by atoms with Crippen molar-refractivity contribution in [2.45, 2.75) is 18.7 Å². The van der Waals surface area contributed by atoms with Gasteiger partial charge in [0, 0.05) is 44.8 Å². The maximum atomic E-state index is 13.1. The minimum Gasteiger partial charge on any atom is -0.497 e. The van der Waals surface area contributed by atoms with Crippen LogP contribution < -0.4 is 19.7 Å². The second-order valence-electron chi connectivity index (χ2n) is 7.23. The predicted octanol–water partition coefficient (Wildman–Crippen LogP) is 2.39. The number of piperazine rings is 1. The van der Waals surface area contributed by atoms with Crippen molar-refractivity contribution in [1.82, 2.24) is 10.2 Å². The van der Waals surface area contributed by atoms with E-state index in [4.69, 9.17) is 4.74 Å². The minimum absolute atomic E-state index is 0.123. The molecule has 0 aromatic heterocycles. The van der Waals surface area contributed by atoms with E-state index in [1.54, 1.807) is 29.2 Å². The first-order valence-corrected chi connectivity index (χ1v) is 11.9. The zero-order valence-electron chi connectivity index (χ0n) is 18.2. The van der Waals surface area contributed by atoms with Gasteiger partial charge in [-0.25, -0.2) is 8.42 Å². The van der Waals surface area contributed by atoms with Crippen LogP contribution in [0.3, 0.4) is 0 Å². The third-order valence-corrected chi connectivity index (χ3v) is 6.75. The van der Waals surface area contributed by atoms with Crippen LogP contribution in [0.2, 0.25) is 0 Å². The Morgan fingerprint density at radius 3 is 2.32 bits per heavy atom. The van der Waals surface area contributed by atoms with E-state index < -0.39 is 10.0 Å². The maximum Gasteiger partial charge on any atom is 0.261 e. The quantitative estimate of drug-likeness (QED) is 0.647. The number of nitrogens with one attached hydrogen (secondary N) is 2. The Bertz CT molecular complexity index is 999. The summed E-state index contributed by atoms with van der Waals surface area (Å²) in [5, 5.41) is 3.30. The smallest absolute Gasteiger partial charge is 0.261 e. The Balaban J connectivity index is 1.99. The van der Waals surface area contributed by atoms with Gasteiger partial charge in [0.15, 0.2) is 0 Å². The van der Waals surface area contributed by atoms with Crippen LogP contribution in [0.5, 0.6) is 5.75 Å². The standard InChI is InChI=1S/C22H30N4O4S/c1-4-25(5-2)22(27)17-6-11-21(26-14-12-23-13-15-26)20(16-17)24-31(28,29)19-9-7-18(30-3)8-10-19/h6-11,16,23-24H,4-5,12-15H2,1-3H3. The Labute approximate surface area is 184 Å². The molecule has 0 unspecified atom stereocenters. The summed E-state index contributed by atoms with van der Waals surface area (Å²) in [5.74, 6) is 0.453. The van der Waals surface area contributed by atoms with Gasteiger partial charge in [0.2, 0.25) is 0 Å². The number of methoxy groups -OCH3 is 1. The molecule has 31 heavy (non-hydrogen) atoms. The summed E-state index contributed by atoms with van der Waals surface area (Å²) in [5.41, 5.74) is 1.61. The number of amides is 1. The Kier molecular flexibility index (Phi) is 7.40. The first kappa shape index (κ1) is 22.9. The first-order chi connectivity index (χ1) is 14.9. The van der Waals surface area contributed by atoms with Crippen LogP contribution in [-0.4, -0.2) is 65.6 Å². The van der Waals surface area contributed by atoms with Crippen molar-refractivity contribution in [3.8, 4) is 5.75 Å². The molecular formula is C22H30N4O4S. The summed E-state index contributed by atoms with van der Waals surface area (Å²) < 4.78 is 34.0. The van der Waals surface area contributed by atoms with Crippen molar-refractivity contribution >= 4 is 27.3 Å². The molecular weight excluding hydrogens is 416 g/mol. The molecule has 9 heteroatoms. The summed E-state index contributed by atoms with van der Waals surface area (Å²) in [6, 6.07) is 11.4. The van der Waals surface area contributed by atoms with Gasteiger partial charge in [-0.05, 0) is 56.3 Å². The highest BCUT2D eigenvalue weighted by molar-refractivity contribution is 7.92. The fourth-order valence-electron chi connectivity index (χ4n) is 3.58. The molecule has 2 N–H and O–H groups in total. The molecule has 0 saturated carbocycles. The molecule has 2 aromatic rings. The molecule has 3 rings (SSSR count). The SMILES string of the molecule is CCN(CC)C(=O)c1ccc(N2CCNCC2)c(NS(=O)(=O)c2ccc(OC)cc2)c1. The van der Waals surface area contributed by atoms with E-state index in [-0.39, 0.29) is 10.8 Å². The number of rotatable bonds is 8. The van der Waals surface area contributed by atoms with Crippen molar-refractivity contribution in [2.24, 2.45) is 0 Å². The summed E-state index contributed by atoms with van der Waals surface area (Å²) in [6.45, 7) is 8.13. The number of carbonyl (C=O) groups is 1. The molecule has 1 amide bonds. The Hall–Kier alpha value is -2.78. The molecule has 0 aliphatic carbocycles. The summed E-state index contributed by atoms with van der Waals surface area (Å²) in [7, 11) is -2.32. The molecule has 2 aromatic carbocycles. The van der Waals surface area contributed by atoms with Gasteiger partial charge in [0.05, 0.1) is 23.4 Å². The second kappa shape index (κ2) is 10.0. The molecule has 1 aliphatic heterocycles.